The Labute approximate surface area is 130 Å². The normalized spacial score (nSPS) is 17.2. The first-order valence-corrected chi connectivity index (χ1v) is 7.59. The Balaban J connectivity index is 1.95. The topological polar surface area (TPSA) is 71.8 Å². The molecule has 23 heavy (non-hydrogen) atoms. The zero-order chi connectivity index (χ0) is 16.1. The number of aromatic nitrogens is 1. The first kappa shape index (κ1) is 14.0. The fraction of sp³-hybridized carbons (Fsp3) is 0.375. The highest BCUT2D eigenvalue weighted by molar-refractivity contribution is 5.85. The van der Waals surface area contributed by atoms with Crippen molar-refractivity contribution in [1.29, 1.82) is 0 Å². The van der Waals surface area contributed by atoms with E-state index >= 15 is 0 Å². The van der Waals surface area contributed by atoms with Gasteiger partial charge >= 0.3 is 6.16 Å². The predicted octanol–water partition coefficient (Wildman–Crippen LogP) is 2.74. The van der Waals surface area contributed by atoms with E-state index in [9.17, 15) is 14.0 Å². The number of pyridine rings is 1. The fourth-order valence-corrected chi connectivity index (χ4v) is 2.95. The van der Waals surface area contributed by atoms with Crippen LogP contribution in [0, 0.1) is 5.82 Å². The van der Waals surface area contributed by atoms with Gasteiger partial charge in [0.15, 0.2) is 5.75 Å². The van der Waals surface area contributed by atoms with E-state index in [1.807, 2.05) is 9.47 Å². The van der Waals surface area contributed by atoms with Gasteiger partial charge in [-0.1, -0.05) is 0 Å². The first-order chi connectivity index (χ1) is 11.0. The van der Waals surface area contributed by atoms with E-state index in [4.69, 9.17) is 5.11 Å². The van der Waals surface area contributed by atoms with Gasteiger partial charge < -0.3 is 19.3 Å². The first-order valence-electron chi connectivity index (χ1n) is 7.59. The van der Waals surface area contributed by atoms with Gasteiger partial charge in [0.2, 0.25) is 5.43 Å². The minimum absolute atomic E-state index is 0.150. The van der Waals surface area contributed by atoms with Crippen LogP contribution < -0.4 is 15.1 Å². The van der Waals surface area contributed by atoms with Gasteiger partial charge in [-0.05, 0) is 31.4 Å². The van der Waals surface area contributed by atoms with Crippen molar-refractivity contribution in [2.45, 2.75) is 25.3 Å². The van der Waals surface area contributed by atoms with Gasteiger partial charge in [-0.2, -0.15) is 0 Å². The quantitative estimate of drug-likeness (QED) is 0.881. The summed E-state index contributed by atoms with van der Waals surface area (Å²) in [4.78, 5) is 25.1. The molecule has 0 amide bonds. The number of hydrogen-bond donors (Lipinski definition) is 1. The third-order valence-electron chi connectivity index (χ3n) is 4.40. The third kappa shape index (κ3) is 2.32. The monoisotopic (exact) mass is 318 g/mol. The van der Waals surface area contributed by atoms with Crippen LogP contribution in [0.15, 0.2) is 23.1 Å². The smallest absolute Gasteiger partial charge is 0.449 e. The van der Waals surface area contributed by atoms with Gasteiger partial charge in [0.05, 0.1) is 22.8 Å². The van der Waals surface area contributed by atoms with Crippen molar-refractivity contribution in [3.05, 3.63) is 34.4 Å². The summed E-state index contributed by atoms with van der Waals surface area (Å²) in [5.74, 6) is -0.753. The van der Waals surface area contributed by atoms with Gasteiger partial charge in [0.1, 0.15) is 5.82 Å². The van der Waals surface area contributed by atoms with Crippen molar-refractivity contribution in [3.63, 3.8) is 0 Å². The zero-order valence-corrected chi connectivity index (χ0v) is 12.3. The molecule has 0 spiro atoms. The van der Waals surface area contributed by atoms with Crippen LogP contribution in [0.25, 0.3) is 10.9 Å². The Hall–Kier alpha value is -2.57. The molecule has 6 nitrogen and oxygen atoms in total. The third-order valence-corrected chi connectivity index (χ3v) is 4.40. The number of fused-ring (bicyclic) bond motifs is 1. The Bertz CT molecular complexity index is 868. The van der Waals surface area contributed by atoms with Gasteiger partial charge in [-0.25, -0.2) is 9.18 Å². The number of ether oxygens (including phenoxy) is 1. The lowest BCUT2D eigenvalue weighted by Gasteiger charge is -2.33. The molecule has 1 aromatic carbocycles. The van der Waals surface area contributed by atoms with Crippen molar-refractivity contribution in [2.24, 2.45) is 0 Å². The van der Waals surface area contributed by atoms with Crippen LogP contribution in [0.5, 0.6) is 5.75 Å². The highest BCUT2D eigenvalue weighted by atomic mass is 19.1. The molecule has 7 heteroatoms. The molecular formula is C16H15FN2O4. The van der Waals surface area contributed by atoms with E-state index in [0.717, 1.165) is 32.4 Å². The van der Waals surface area contributed by atoms with Crippen LogP contribution in [0.3, 0.4) is 0 Å². The molecule has 2 fully saturated rings. The van der Waals surface area contributed by atoms with Gasteiger partial charge in [0, 0.05) is 19.1 Å². The predicted molar refractivity (Wildman–Crippen MR) is 81.9 cm³/mol. The lowest BCUT2D eigenvalue weighted by Crippen LogP contribution is -2.37. The van der Waals surface area contributed by atoms with Crippen LogP contribution in [-0.4, -0.2) is 28.9 Å². The van der Waals surface area contributed by atoms with Crippen molar-refractivity contribution in [1.82, 2.24) is 4.57 Å². The molecule has 1 aromatic heterocycles. The molecule has 0 bridgehead atoms. The van der Waals surface area contributed by atoms with Crippen LogP contribution in [-0.2, 0) is 0 Å². The maximum absolute atomic E-state index is 14.4. The van der Waals surface area contributed by atoms with Gasteiger partial charge in [-0.15, -0.1) is 0 Å². The summed E-state index contributed by atoms with van der Waals surface area (Å²) in [7, 11) is 0. The number of nitrogens with zero attached hydrogens (tertiary/aromatic N) is 2. The molecule has 1 aliphatic heterocycles. The second-order valence-electron chi connectivity index (χ2n) is 5.99. The van der Waals surface area contributed by atoms with Crippen molar-refractivity contribution in [2.75, 3.05) is 18.0 Å². The van der Waals surface area contributed by atoms with E-state index < -0.39 is 17.4 Å². The molecule has 1 saturated carbocycles. The summed E-state index contributed by atoms with van der Waals surface area (Å²) in [6.45, 7) is 1.60. The highest BCUT2D eigenvalue weighted by Crippen LogP contribution is 2.39. The van der Waals surface area contributed by atoms with Crippen molar-refractivity contribution < 1.29 is 19.0 Å². The lowest BCUT2D eigenvalue weighted by molar-refractivity contribution is 0.143. The summed E-state index contributed by atoms with van der Waals surface area (Å²) in [6, 6.07) is 3.08. The lowest BCUT2D eigenvalue weighted by atomic mass is 10.1. The molecule has 0 radical (unpaired) electrons. The number of carboxylic acid groups (broad SMARTS) is 1. The molecule has 1 N–H and O–H groups in total. The molecule has 4 rings (SSSR count). The molecule has 1 aliphatic carbocycles. The number of halogens is 1. The molecule has 1 saturated heterocycles. The van der Waals surface area contributed by atoms with E-state index in [1.165, 1.54) is 12.3 Å². The summed E-state index contributed by atoms with van der Waals surface area (Å²) >= 11 is 0. The summed E-state index contributed by atoms with van der Waals surface area (Å²) in [5, 5.41) is 8.92. The molecular weight excluding hydrogens is 303 g/mol. The standard InChI is InChI=1S/C16H15FN2O4/c17-11-6-10-12(7-13(11)18-4-1-5-18)19(9-2-3-9)8-14(15(10)20)23-16(21)22/h6-9H,1-5H2,(H,21,22). The number of benzene rings is 1. The second kappa shape index (κ2) is 4.97. The number of rotatable bonds is 3. The highest BCUT2D eigenvalue weighted by Gasteiger charge is 2.28. The Morgan fingerprint density at radius 2 is 2.04 bits per heavy atom. The molecule has 2 aromatic rings. The molecule has 2 aliphatic rings. The molecule has 120 valence electrons. The van der Waals surface area contributed by atoms with E-state index in [1.54, 1.807) is 6.07 Å². The Morgan fingerprint density at radius 1 is 1.30 bits per heavy atom. The van der Waals surface area contributed by atoms with Crippen molar-refractivity contribution >= 4 is 22.7 Å². The number of carbonyl (C=O) groups is 1. The molecule has 0 atom stereocenters. The largest absolute Gasteiger partial charge is 0.511 e. The van der Waals surface area contributed by atoms with Gasteiger partial charge in [0.25, 0.3) is 0 Å². The second-order valence-corrected chi connectivity index (χ2v) is 5.99. The average Bonchev–Trinajstić information content (AvgIpc) is 3.26. The molecule has 2 heterocycles. The number of hydrogen-bond acceptors (Lipinski definition) is 4. The summed E-state index contributed by atoms with van der Waals surface area (Å²) < 4.78 is 20.8. The van der Waals surface area contributed by atoms with E-state index in [0.29, 0.717) is 11.2 Å². The average molecular weight is 318 g/mol. The number of anilines is 1. The maximum Gasteiger partial charge on any atom is 0.511 e. The van der Waals surface area contributed by atoms with Crippen LogP contribution in [0.4, 0.5) is 14.9 Å². The van der Waals surface area contributed by atoms with Crippen LogP contribution >= 0.6 is 0 Å². The Kier molecular flexibility index (Phi) is 3.04. The zero-order valence-electron chi connectivity index (χ0n) is 12.3. The SMILES string of the molecule is O=C(O)Oc1cn(C2CC2)c2cc(N3CCC3)c(F)cc2c1=O. The summed E-state index contributed by atoms with van der Waals surface area (Å²) in [6.07, 6.45) is 2.79. The molecule has 0 unspecified atom stereocenters. The van der Waals surface area contributed by atoms with Crippen LogP contribution in [0.1, 0.15) is 25.3 Å². The van der Waals surface area contributed by atoms with E-state index in [2.05, 4.69) is 4.74 Å². The van der Waals surface area contributed by atoms with Crippen LogP contribution in [0.2, 0.25) is 0 Å². The Morgan fingerprint density at radius 3 is 2.61 bits per heavy atom. The minimum Gasteiger partial charge on any atom is -0.449 e. The summed E-state index contributed by atoms with van der Waals surface area (Å²) in [5.41, 5.74) is 0.511. The van der Waals surface area contributed by atoms with Crippen molar-refractivity contribution in [3.8, 4) is 5.75 Å². The van der Waals surface area contributed by atoms with Gasteiger partial charge in [-0.3, -0.25) is 4.79 Å². The maximum atomic E-state index is 14.4. The minimum atomic E-state index is -1.55. The fourth-order valence-electron chi connectivity index (χ4n) is 2.95. The van der Waals surface area contributed by atoms with E-state index in [-0.39, 0.29) is 17.2 Å².